The summed E-state index contributed by atoms with van der Waals surface area (Å²) in [6.07, 6.45) is 0. The smallest absolute Gasteiger partial charge is 0.273 e. The number of carbonyl (C=O) groups is 1. The Morgan fingerprint density at radius 3 is 2.47 bits per heavy atom. The molecule has 0 saturated carbocycles. The molecule has 7 nitrogen and oxygen atoms in total. The Morgan fingerprint density at radius 1 is 1.00 bits per heavy atom. The van der Waals surface area contributed by atoms with Gasteiger partial charge in [0.15, 0.2) is 0 Å². The van der Waals surface area contributed by atoms with Crippen LogP contribution in [0.3, 0.4) is 0 Å². The van der Waals surface area contributed by atoms with Crippen molar-refractivity contribution in [2.24, 2.45) is 0 Å². The number of aromatic amines is 1. The van der Waals surface area contributed by atoms with Gasteiger partial charge in [-0.15, -0.1) is 0 Å². The summed E-state index contributed by atoms with van der Waals surface area (Å²) >= 11 is 0. The fourth-order valence-electron chi connectivity index (χ4n) is 4.33. The van der Waals surface area contributed by atoms with Gasteiger partial charge in [0.2, 0.25) is 0 Å². The third-order valence-corrected chi connectivity index (χ3v) is 6.00. The predicted molar refractivity (Wildman–Crippen MR) is 128 cm³/mol. The quantitative estimate of drug-likeness (QED) is 0.407. The molecule has 7 heteroatoms. The molecule has 1 unspecified atom stereocenters. The number of rotatable bonds is 8. The summed E-state index contributed by atoms with van der Waals surface area (Å²) in [5, 5.41) is 17.7. The zero-order valence-corrected chi connectivity index (χ0v) is 18.8. The van der Waals surface area contributed by atoms with E-state index in [1.165, 1.54) is 0 Å². The Balaban J connectivity index is 1.48. The molecule has 0 radical (unpaired) electrons. The van der Waals surface area contributed by atoms with Crippen LogP contribution in [-0.2, 0) is 11.3 Å². The van der Waals surface area contributed by atoms with Gasteiger partial charge in [-0.25, -0.2) is 0 Å². The van der Waals surface area contributed by atoms with Crippen LogP contribution in [-0.4, -0.2) is 46.4 Å². The second-order valence-electron chi connectivity index (χ2n) is 8.12. The lowest BCUT2D eigenvalue weighted by molar-refractivity contribution is 0.0677. The minimum Gasteiger partial charge on any atom is -0.507 e. The average molecular weight is 456 g/mol. The van der Waals surface area contributed by atoms with E-state index in [9.17, 15) is 9.90 Å². The first kappa shape index (κ1) is 21.7. The third-order valence-electron chi connectivity index (χ3n) is 6.00. The first-order valence-electron chi connectivity index (χ1n) is 11.1. The normalized spacial score (nSPS) is 14.9. The highest BCUT2D eigenvalue weighted by molar-refractivity contribution is 6.00. The Morgan fingerprint density at radius 2 is 1.74 bits per heavy atom. The molecule has 0 aliphatic carbocycles. The topological polar surface area (TPSA) is 87.7 Å². The van der Waals surface area contributed by atoms with Crippen molar-refractivity contribution >= 4 is 5.91 Å². The number of nitrogens with one attached hydrogen (secondary N) is 1. The number of amides is 1. The predicted octanol–water partition coefficient (Wildman–Crippen LogP) is 4.55. The molecule has 1 aliphatic rings. The molecule has 5 rings (SSSR count). The van der Waals surface area contributed by atoms with Crippen molar-refractivity contribution < 1.29 is 19.4 Å². The van der Waals surface area contributed by atoms with Gasteiger partial charge in [0.05, 0.1) is 12.6 Å². The van der Waals surface area contributed by atoms with Crippen molar-refractivity contribution in [3.63, 3.8) is 0 Å². The van der Waals surface area contributed by atoms with Gasteiger partial charge in [0, 0.05) is 24.8 Å². The molecule has 1 aliphatic heterocycles. The van der Waals surface area contributed by atoms with Crippen molar-refractivity contribution in [2.45, 2.75) is 12.6 Å². The molecule has 2 N–H and O–H groups in total. The standard InChI is InChI=1S/C27H25N3O4/c1-33-16-15-30-26(19-11-13-20(14-12-19)34-17-18-7-3-2-4-8-18)23-24(28-29-25(23)27(30)32)21-9-5-6-10-22(21)31/h2-14,26,31H,15-17H2,1H3,(H,28,29). The molecular formula is C27H25N3O4. The lowest BCUT2D eigenvalue weighted by Crippen LogP contribution is -2.32. The molecule has 172 valence electrons. The van der Waals surface area contributed by atoms with E-state index in [1.54, 1.807) is 30.2 Å². The molecule has 1 amide bonds. The zero-order chi connectivity index (χ0) is 23.5. The van der Waals surface area contributed by atoms with Crippen molar-refractivity contribution in [1.82, 2.24) is 15.1 Å². The van der Waals surface area contributed by atoms with E-state index in [4.69, 9.17) is 9.47 Å². The van der Waals surface area contributed by atoms with E-state index >= 15 is 0 Å². The summed E-state index contributed by atoms with van der Waals surface area (Å²) in [6.45, 7) is 1.31. The summed E-state index contributed by atoms with van der Waals surface area (Å²) in [6, 6.07) is 24.4. The number of hydrogen-bond donors (Lipinski definition) is 2. The minimum absolute atomic E-state index is 0.114. The van der Waals surface area contributed by atoms with Crippen molar-refractivity contribution in [1.29, 1.82) is 0 Å². The first-order chi connectivity index (χ1) is 16.7. The number of fused-ring (bicyclic) bond motifs is 1. The van der Waals surface area contributed by atoms with Crippen LogP contribution in [0.4, 0.5) is 0 Å². The Hall–Kier alpha value is -4.10. The lowest BCUT2D eigenvalue weighted by Gasteiger charge is -2.26. The van der Waals surface area contributed by atoms with Gasteiger partial charge in [-0.3, -0.25) is 9.89 Å². The minimum atomic E-state index is -0.367. The maximum Gasteiger partial charge on any atom is 0.273 e. The van der Waals surface area contributed by atoms with Crippen molar-refractivity contribution in [3.05, 3.63) is 101 Å². The highest BCUT2D eigenvalue weighted by Crippen LogP contribution is 2.44. The largest absolute Gasteiger partial charge is 0.507 e. The average Bonchev–Trinajstić information content (AvgIpc) is 3.41. The van der Waals surface area contributed by atoms with Crippen LogP contribution in [0.25, 0.3) is 11.3 Å². The van der Waals surface area contributed by atoms with Crippen LogP contribution in [0.15, 0.2) is 78.9 Å². The second kappa shape index (κ2) is 9.41. The number of nitrogens with zero attached hydrogens (tertiary/aromatic N) is 2. The summed E-state index contributed by atoms with van der Waals surface area (Å²) in [4.78, 5) is 15.0. The molecule has 1 aromatic heterocycles. The fourth-order valence-corrected chi connectivity index (χ4v) is 4.33. The first-order valence-corrected chi connectivity index (χ1v) is 11.1. The van der Waals surface area contributed by atoms with Crippen LogP contribution in [0.2, 0.25) is 0 Å². The Bertz CT molecular complexity index is 1280. The molecule has 1 atom stereocenters. The van der Waals surface area contributed by atoms with Gasteiger partial charge in [-0.1, -0.05) is 54.6 Å². The van der Waals surface area contributed by atoms with E-state index in [2.05, 4.69) is 10.2 Å². The zero-order valence-electron chi connectivity index (χ0n) is 18.8. The number of aromatic nitrogens is 2. The Labute approximate surface area is 197 Å². The molecule has 0 fully saturated rings. The van der Waals surface area contributed by atoms with Crippen LogP contribution >= 0.6 is 0 Å². The van der Waals surface area contributed by atoms with Gasteiger partial charge in [-0.2, -0.15) is 5.10 Å². The Kier molecular flexibility index (Phi) is 6.01. The van der Waals surface area contributed by atoms with Crippen molar-refractivity contribution in [3.8, 4) is 22.8 Å². The number of aromatic hydroxyl groups is 1. The molecule has 0 spiro atoms. The second-order valence-corrected chi connectivity index (χ2v) is 8.12. The van der Waals surface area contributed by atoms with E-state index in [1.807, 2.05) is 60.7 Å². The third kappa shape index (κ3) is 4.02. The van der Waals surface area contributed by atoms with Gasteiger partial charge in [0.25, 0.3) is 5.91 Å². The monoisotopic (exact) mass is 455 g/mol. The number of H-pyrrole nitrogens is 1. The van der Waals surface area contributed by atoms with Crippen molar-refractivity contribution in [2.75, 3.05) is 20.3 Å². The van der Waals surface area contributed by atoms with E-state index in [0.717, 1.165) is 22.4 Å². The van der Waals surface area contributed by atoms with E-state index in [-0.39, 0.29) is 17.7 Å². The number of phenolic OH excluding ortho intramolecular Hbond substituents is 1. The molecule has 0 bridgehead atoms. The number of carbonyl (C=O) groups excluding carboxylic acids is 1. The highest BCUT2D eigenvalue weighted by atomic mass is 16.5. The molecule has 3 aromatic carbocycles. The van der Waals surface area contributed by atoms with Crippen LogP contribution in [0, 0.1) is 0 Å². The number of para-hydroxylation sites is 1. The number of hydrogen-bond acceptors (Lipinski definition) is 5. The van der Waals surface area contributed by atoms with Gasteiger partial charge in [-0.05, 0) is 35.4 Å². The maximum absolute atomic E-state index is 13.3. The number of ether oxygens (including phenoxy) is 2. The number of benzene rings is 3. The molecule has 2 heterocycles. The molecule has 34 heavy (non-hydrogen) atoms. The van der Waals surface area contributed by atoms with Gasteiger partial charge in [0.1, 0.15) is 29.5 Å². The summed E-state index contributed by atoms with van der Waals surface area (Å²) in [5.41, 5.74) is 4.34. The molecule has 4 aromatic rings. The van der Waals surface area contributed by atoms with Crippen LogP contribution in [0.1, 0.15) is 33.2 Å². The highest BCUT2D eigenvalue weighted by Gasteiger charge is 2.42. The van der Waals surface area contributed by atoms with Crippen LogP contribution < -0.4 is 4.74 Å². The van der Waals surface area contributed by atoms with Gasteiger partial charge >= 0.3 is 0 Å². The maximum atomic E-state index is 13.3. The summed E-state index contributed by atoms with van der Waals surface area (Å²) in [5.74, 6) is 0.715. The fraction of sp³-hybridized carbons (Fsp3) is 0.185. The number of methoxy groups -OCH3 is 1. The van der Waals surface area contributed by atoms with E-state index in [0.29, 0.717) is 36.7 Å². The summed E-state index contributed by atoms with van der Waals surface area (Å²) < 4.78 is 11.2. The van der Waals surface area contributed by atoms with Gasteiger partial charge < -0.3 is 19.5 Å². The summed E-state index contributed by atoms with van der Waals surface area (Å²) in [7, 11) is 1.61. The number of phenols is 1. The lowest BCUT2D eigenvalue weighted by atomic mass is 9.95. The van der Waals surface area contributed by atoms with Crippen LogP contribution in [0.5, 0.6) is 11.5 Å². The van der Waals surface area contributed by atoms with E-state index < -0.39 is 0 Å². The molecular weight excluding hydrogens is 430 g/mol. The SMILES string of the molecule is COCCN1C(=O)c2[nH]nc(-c3ccccc3O)c2C1c1ccc(OCc2ccccc2)cc1. The molecule has 0 saturated heterocycles.